The van der Waals surface area contributed by atoms with E-state index < -0.39 is 6.04 Å². The van der Waals surface area contributed by atoms with E-state index >= 15 is 0 Å². The van der Waals surface area contributed by atoms with Gasteiger partial charge in [0.15, 0.2) is 0 Å². The molecule has 0 aromatic heterocycles. The van der Waals surface area contributed by atoms with Gasteiger partial charge in [0.05, 0.1) is 0 Å². The number of nitrogens with zero attached hydrogens (tertiary/aromatic N) is 1. The summed E-state index contributed by atoms with van der Waals surface area (Å²) in [7, 11) is 0. The fourth-order valence-electron chi connectivity index (χ4n) is 3.09. The lowest BCUT2D eigenvalue weighted by atomic mass is 10.1. The maximum Gasteiger partial charge on any atom is 0.254 e. The van der Waals surface area contributed by atoms with Crippen LogP contribution in [-0.2, 0) is 4.79 Å². The van der Waals surface area contributed by atoms with Crippen molar-refractivity contribution in [2.75, 3.05) is 11.9 Å². The molecule has 0 radical (unpaired) electrons. The zero-order valence-electron chi connectivity index (χ0n) is 14.1. The van der Waals surface area contributed by atoms with Crippen molar-refractivity contribution in [3.63, 3.8) is 0 Å². The average Bonchev–Trinajstić information content (AvgIpc) is 3.04. The Morgan fingerprint density at radius 1 is 1.04 bits per heavy atom. The molecular formula is C20H22N2O2. The van der Waals surface area contributed by atoms with Gasteiger partial charge < -0.3 is 10.2 Å². The minimum Gasteiger partial charge on any atom is -0.327 e. The Labute approximate surface area is 142 Å². The van der Waals surface area contributed by atoms with Crippen molar-refractivity contribution in [1.82, 2.24) is 4.90 Å². The number of hydrogen-bond acceptors (Lipinski definition) is 2. The summed E-state index contributed by atoms with van der Waals surface area (Å²) in [5.74, 6) is -0.185. The van der Waals surface area contributed by atoms with Gasteiger partial charge in [0, 0.05) is 17.8 Å². The van der Waals surface area contributed by atoms with Crippen molar-refractivity contribution in [3.05, 3.63) is 65.2 Å². The Morgan fingerprint density at radius 3 is 2.50 bits per heavy atom. The van der Waals surface area contributed by atoms with Crippen LogP contribution in [0.5, 0.6) is 0 Å². The molecule has 1 atom stereocenters. The van der Waals surface area contributed by atoms with Crippen LogP contribution in [0, 0.1) is 13.8 Å². The Kier molecular flexibility index (Phi) is 4.65. The van der Waals surface area contributed by atoms with Gasteiger partial charge in [-0.2, -0.15) is 0 Å². The highest BCUT2D eigenvalue weighted by molar-refractivity contribution is 6.01. The predicted octanol–water partition coefficient (Wildman–Crippen LogP) is 3.55. The molecular weight excluding hydrogens is 300 g/mol. The molecule has 0 unspecified atom stereocenters. The summed E-state index contributed by atoms with van der Waals surface area (Å²) in [5, 5.41) is 2.94. The fraction of sp³-hybridized carbons (Fsp3) is 0.300. The highest BCUT2D eigenvalue weighted by atomic mass is 16.2. The summed E-state index contributed by atoms with van der Waals surface area (Å²) >= 11 is 0. The molecule has 24 heavy (non-hydrogen) atoms. The third kappa shape index (κ3) is 3.48. The molecule has 1 fully saturated rings. The number of carbonyl (C=O) groups excluding carboxylic acids is 2. The summed E-state index contributed by atoms with van der Waals surface area (Å²) in [6, 6.07) is 14.8. The third-order valence-electron chi connectivity index (χ3n) is 4.40. The molecule has 0 aliphatic carbocycles. The average molecular weight is 322 g/mol. The van der Waals surface area contributed by atoms with E-state index in [1.54, 1.807) is 4.90 Å². The van der Waals surface area contributed by atoms with Gasteiger partial charge in [0.2, 0.25) is 5.91 Å². The van der Waals surface area contributed by atoms with Crippen molar-refractivity contribution in [2.45, 2.75) is 32.7 Å². The molecule has 2 aromatic carbocycles. The normalized spacial score (nSPS) is 16.9. The molecule has 0 bridgehead atoms. The number of nitrogens with one attached hydrogen (secondary N) is 1. The largest absolute Gasteiger partial charge is 0.327 e. The Morgan fingerprint density at radius 2 is 1.79 bits per heavy atom. The van der Waals surface area contributed by atoms with Gasteiger partial charge in [0.1, 0.15) is 6.04 Å². The summed E-state index contributed by atoms with van der Waals surface area (Å²) < 4.78 is 0. The first-order valence-corrected chi connectivity index (χ1v) is 8.30. The third-order valence-corrected chi connectivity index (χ3v) is 4.40. The Hall–Kier alpha value is -2.62. The smallest absolute Gasteiger partial charge is 0.254 e. The van der Waals surface area contributed by atoms with E-state index in [-0.39, 0.29) is 11.8 Å². The van der Waals surface area contributed by atoms with Crippen molar-refractivity contribution < 1.29 is 9.59 Å². The predicted molar refractivity (Wildman–Crippen MR) is 95.0 cm³/mol. The number of hydrogen-bond donors (Lipinski definition) is 1. The molecule has 4 heteroatoms. The zero-order valence-corrected chi connectivity index (χ0v) is 14.1. The molecule has 1 aliphatic rings. The van der Waals surface area contributed by atoms with Crippen LogP contribution in [-0.4, -0.2) is 29.3 Å². The second-order valence-corrected chi connectivity index (χ2v) is 6.38. The number of aryl methyl sites for hydroxylation is 2. The van der Waals surface area contributed by atoms with Crippen LogP contribution in [0.2, 0.25) is 0 Å². The van der Waals surface area contributed by atoms with Crippen LogP contribution in [0.15, 0.2) is 48.5 Å². The van der Waals surface area contributed by atoms with Crippen molar-refractivity contribution in [3.8, 4) is 0 Å². The zero-order chi connectivity index (χ0) is 17.1. The van der Waals surface area contributed by atoms with Crippen molar-refractivity contribution >= 4 is 17.5 Å². The molecule has 3 rings (SSSR count). The van der Waals surface area contributed by atoms with E-state index in [9.17, 15) is 9.59 Å². The first-order valence-electron chi connectivity index (χ1n) is 8.30. The van der Waals surface area contributed by atoms with Crippen LogP contribution in [0.3, 0.4) is 0 Å². The van der Waals surface area contributed by atoms with Crippen LogP contribution in [0.1, 0.15) is 34.3 Å². The number of carbonyl (C=O) groups is 2. The number of anilines is 1. The van der Waals surface area contributed by atoms with Crippen LogP contribution in [0.25, 0.3) is 0 Å². The molecule has 0 saturated carbocycles. The van der Waals surface area contributed by atoms with Gasteiger partial charge in [-0.1, -0.05) is 29.8 Å². The van der Waals surface area contributed by atoms with E-state index in [1.807, 2.05) is 62.4 Å². The minimum absolute atomic E-state index is 0.0723. The van der Waals surface area contributed by atoms with Crippen molar-refractivity contribution in [1.29, 1.82) is 0 Å². The fourth-order valence-corrected chi connectivity index (χ4v) is 3.09. The SMILES string of the molecule is Cc1ccc(C(=O)N2CCC[C@@H]2C(=O)Nc2cccc(C)c2)cc1. The molecule has 124 valence electrons. The highest BCUT2D eigenvalue weighted by Crippen LogP contribution is 2.22. The number of amides is 2. The second kappa shape index (κ2) is 6.87. The van der Waals surface area contributed by atoms with E-state index in [0.29, 0.717) is 18.5 Å². The highest BCUT2D eigenvalue weighted by Gasteiger charge is 2.34. The monoisotopic (exact) mass is 322 g/mol. The number of benzene rings is 2. The quantitative estimate of drug-likeness (QED) is 0.939. The van der Waals surface area contributed by atoms with E-state index in [0.717, 1.165) is 23.2 Å². The minimum atomic E-state index is -0.403. The molecule has 1 N–H and O–H groups in total. The Balaban J connectivity index is 1.73. The first-order chi connectivity index (χ1) is 11.5. The van der Waals surface area contributed by atoms with Gasteiger partial charge in [-0.05, 0) is 56.5 Å². The first kappa shape index (κ1) is 16.2. The lowest BCUT2D eigenvalue weighted by molar-refractivity contribution is -0.119. The van der Waals surface area contributed by atoms with E-state index in [4.69, 9.17) is 0 Å². The van der Waals surface area contributed by atoms with Crippen LogP contribution in [0.4, 0.5) is 5.69 Å². The molecule has 2 aromatic rings. The molecule has 2 amide bonds. The summed E-state index contributed by atoms with van der Waals surface area (Å²) in [6.07, 6.45) is 1.55. The van der Waals surface area contributed by atoms with Gasteiger partial charge in [-0.15, -0.1) is 0 Å². The molecule has 0 spiro atoms. The lowest BCUT2D eigenvalue weighted by Crippen LogP contribution is -2.43. The molecule has 1 saturated heterocycles. The van der Waals surface area contributed by atoms with Gasteiger partial charge in [0.25, 0.3) is 5.91 Å². The standard InChI is InChI=1S/C20H22N2O2/c1-14-8-10-16(11-9-14)20(24)22-12-4-7-18(22)19(23)21-17-6-3-5-15(2)13-17/h3,5-6,8-11,13,18H,4,7,12H2,1-2H3,(H,21,23)/t18-/m1/s1. The Bertz CT molecular complexity index is 752. The summed E-state index contributed by atoms with van der Waals surface area (Å²) in [5.41, 5.74) is 3.61. The maximum atomic E-state index is 12.7. The van der Waals surface area contributed by atoms with Gasteiger partial charge >= 0.3 is 0 Å². The maximum absolute atomic E-state index is 12.7. The topological polar surface area (TPSA) is 49.4 Å². The van der Waals surface area contributed by atoms with Gasteiger partial charge in [-0.25, -0.2) is 0 Å². The van der Waals surface area contributed by atoms with E-state index in [2.05, 4.69) is 5.32 Å². The molecule has 4 nitrogen and oxygen atoms in total. The van der Waals surface area contributed by atoms with Crippen LogP contribution < -0.4 is 5.32 Å². The molecule has 1 aliphatic heterocycles. The second-order valence-electron chi connectivity index (χ2n) is 6.38. The summed E-state index contributed by atoms with van der Waals surface area (Å²) in [6.45, 7) is 4.60. The summed E-state index contributed by atoms with van der Waals surface area (Å²) in [4.78, 5) is 27.0. The van der Waals surface area contributed by atoms with Crippen LogP contribution >= 0.6 is 0 Å². The number of rotatable bonds is 3. The molecule has 1 heterocycles. The van der Waals surface area contributed by atoms with E-state index in [1.165, 1.54) is 0 Å². The van der Waals surface area contributed by atoms with Crippen molar-refractivity contribution in [2.24, 2.45) is 0 Å². The lowest BCUT2D eigenvalue weighted by Gasteiger charge is -2.24. The van der Waals surface area contributed by atoms with Gasteiger partial charge in [-0.3, -0.25) is 9.59 Å². The number of likely N-dealkylation sites (tertiary alicyclic amines) is 1.